The Labute approximate surface area is 220 Å². The van der Waals surface area contributed by atoms with Crippen molar-refractivity contribution in [3.8, 4) is 11.5 Å². The lowest BCUT2D eigenvalue weighted by atomic mass is 9.79. The molecule has 2 aliphatic rings. The highest BCUT2D eigenvalue weighted by molar-refractivity contribution is 5.36. The Morgan fingerprint density at radius 1 is 0.923 bits per heavy atom. The Bertz CT molecular complexity index is 1130. The fourth-order valence-corrected chi connectivity index (χ4v) is 4.87. The highest BCUT2D eigenvalue weighted by Gasteiger charge is 2.39. The van der Waals surface area contributed by atoms with Gasteiger partial charge in [0.25, 0.3) is 0 Å². The normalized spacial score (nSPS) is 23.8. The zero-order valence-corrected chi connectivity index (χ0v) is 20.9. The predicted octanol–water partition coefficient (Wildman–Crippen LogP) is 7.61. The molecule has 0 radical (unpaired) electrons. The molecule has 4 rings (SSSR count). The largest absolute Gasteiger partial charge is 0.453 e. The first-order valence-electron chi connectivity index (χ1n) is 12.5. The van der Waals surface area contributed by atoms with Gasteiger partial charge in [-0.15, -0.1) is 0 Å². The zero-order chi connectivity index (χ0) is 28.2. The minimum atomic E-state index is -4.34. The van der Waals surface area contributed by atoms with E-state index in [1.807, 2.05) is 6.92 Å². The van der Waals surface area contributed by atoms with Crippen LogP contribution in [0.5, 0.6) is 11.5 Å². The number of ether oxygens (including phenoxy) is 5. The lowest BCUT2D eigenvalue weighted by Crippen LogP contribution is -2.35. The molecule has 0 aromatic heterocycles. The first-order valence-corrected chi connectivity index (χ1v) is 12.5. The lowest BCUT2D eigenvalue weighted by molar-refractivity contribution is -0.215. The third kappa shape index (κ3) is 7.23. The topological polar surface area (TPSA) is 46.2 Å². The third-order valence-electron chi connectivity index (χ3n) is 6.77. The van der Waals surface area contributed by atoms with Gasteiger partial charge in [-0.25, -0.2) is 13.2 Å². The molecule has 12 heteroatoms. The Morgan fingerprint density at radius 3 is 2.13 bits per heavy atom. The van der Waals surface area contributed by atoms with Crippen molar-refractivity contribution in [2.75, 3.05) is 19.8 Å². The van der Waals surface area contributed by atoms with Gasteiger partial charge >= 0.3 is 12.2 Å². The second-order valence-corrected chi connectivity index (χ2v) is 9.35. The summed E-state index contributed by atoms with van der Waals surface area (Å²) in [5, 5.41) is 0. The standard InChI is InChI=1S/C27H27F7O5/c1-2-35-18-6-3-15(4-7-18)17-12-37-26(38-13-17)16-5-8-20(21(28)9-16)27(33,34)39-19-10-22(29)25(23(30)11-19)36-14-24(31)32/h5,8-11,14-15,17-18,26H,2-4,6-7,12-13H2,1H3. The first kappa shape index (κ1) is 29.2. The van der Waals surface area contributed by atoms with Crippen LogP contribution in [0.1, 0.15) is 50.0 Å². The molecule has 0 atom stereocenters. The highest BCUT2D eigenvalue weighted by atomic mass is 19.3. The number of benzene rings is 2. The van der Waals surface area contributed by atoms with Crippen molar-refractivity contribution in [3.05, 3.63) is 71.3 Å². The molecule has 2 fully saturated rings. The zero-order valence-electron chi connectivity index (χ0n) is 20.9. The molecule has 0 unspecified atom stereocenters. The quantitative estimate of drug-likeness (QED) is 0.232. The smallest absolute Gasteiger partial charge is 0.429 e. The monoisotopic (exact) mass is 564 g/mol. The summed E-state index contributed by atoms with van der Waals surface area (Å²) < 4.78 is 122. The van der Waals surface area contributed by atoms with Crippen LogP contribution in [0.2, 0.25) is 0 Å². The molecule has 2 aromatic carbocycles. The summed E-state index contributed by atoms with van der Waals surface area (Å²) in [6.45, 7) is 3.41. The third-order valence-corrected chi connectivity index (χ3v) is 6.77. The summed E-state index contributed by atoms with van der Waals surface area (Å²) in [6.07, 6.45) is -3.69. The molecule has 0 N–H and O–H groups in total. The Kier molecular flexibility index (Phi) is 9.39. The minimum absolute atomic E-state index is 0.162. The van der Waals surface area contributed by atoms with E-state index < -0.39 is 53.0 Å². The van der Waals surface area contributed by atoms with Gasteiger partial charge in [-0.2, -0.15) is 17.6 Å². The molecule has 0 spiro atoms. The van der Waals surface area contributed by atoms with Crippen molar-refractivity contribution in [1.29, 1.82) is 0 Å². The Balaban J connectivity index is 1.37. The van der Waals surface area contributed by atoms with E-state index in [-0.39, 0.29) is 23.8 Å². The summed E-state index contributed by atoms with van der Waals surface area (Å²) in [4.78, 5) is 0. The second-order valence-electron chi connectivity index (χ2n) is 9.35. The first-order chi connectivity index (χ1) is 18.6. The van der Waals surface area contributed by atoms with Crippen LogP contribution in [0.25, 0.3) is 0 Å². The van der Waals surface area contributed by atoms with E-state index in [4.69, 9.17) is 14.2 Å². The average Bonchev–Trinajstić information content (AvgIpc) is 2.88. The lowest BCUT2D eigenvalue weighted by Gasteiger charge is -2.37. The second kappa shape index (κ2) is 12.6. The molecule has 1 saturated carbocycles. The minimum Gasteiger partial charge on any atom is -0.453 e. The van der Waals surface area contributed by atoms with E-state index in [9.17, 15) is 30.7 Å². The molecule has 1 saturated heterocycles. The fourth-order valence-electron chi connectivity index (χ4n) is 4.87. The van der Waals surface area contributed by atoms with Crippen LogP contribution in [0.15, 0.2) is 42.7 Å². The molecule has 2 aromatic rings. The van der Waals surface area contributed by atoms with Crippen LogP contribution in [-0.4, -0.2) is 25.9 Å². The molecule has 5 nitrogen and oxygen atoms in total. The maximum Gasteiger partial charge on any atom is 0.429 e. The summed E-state index contributed by atoms with van der Waals surface area (Å²) in [5.74, 6) is -6.21. The van der Waals surface area contributed by atoms with Gasteiger partial charge in [0.2, 0.25) is 0 Å². The predicted molar refractivity (Wildman–Crippen MR) is 124 cm³/mol. The number of alkyl halides is 2. The van der Waals surface area contributed by atoms with E-state index in [0.29, 0.717) is 37.9 Å². The van der Waals surface area contributed by atoms with E-state index in [2.05, 4.69) is 9.47 Å². The van der Waals surface area contributed by atoms with Crippen molar-refractivity contribution >= 4 is 0 Å². The van der Waals surface area contributed by atoms with Crippen molar-refractivity contribution in [2.45, 2.75) is 51.1 Å². The number of hydrogen-bond donors (Lipinski definition) is 0. The van der Waals surface area contributed by atoms with Gasteiger partial charge in [0.05, 0.1) is 24.9 Å². The number of hydrogen-bond acceptors (Lipinski definition) is 5. The van der Waals surface area contributed by atoms with E-state index >= 15 is 0 Å². The maximum atomic E-state index is 14.7. The van der Waals surface area contributed by atoms with Gasteiger partial charge in [0.1, 0.15) is 11.6 Å². The Hall–Kier alpha value is -2.83. The van der Waals surface area contributed by atoms with Crippen molar-refractivity contribution in [3.63, 3.8) is 0 Å². The van der Waals surface area contributed by atoms with Crippen LogP contribution in [0, 0.1) is 29.3 Å². The van der Waals surface area contributed by atoms with Crippen molar-refractivity contribution in [2.24, 2.45) is 11.8 Å². The number of halogens is 7. The summed E-state index contributed by atoms with van der Waals surface area (Å²) in [6, 6.07) is 3.36. The summed E-state index contributed by atoms with van der Waals surface area (Å²) in [5.41, 5.74) is -1.02. The fraction of sp³-hybridized carbons (Fsp3) is 0.481. The summed E-state index contributed by atoms with van der Waals surface area (Å²) in [7, 11) is 0. The molecule has 39 heavy (non-hydrogen) atoms. The van der Waals surface area contributed by atoms with Crippen LogP contribution < -0.4 is 9.47 Å². The van der Waals surface area contributed by atoms with Gasteiger partial charge in [-0.05, 0) is 50.7 Å². The maximum absolute atomic E-state index is 14.7. The molecular weight excluding hydrogens is 537 g/mol. The average molecular weight is 564 g/mol. The SMILES string of the molecule is CCOC1CCC(C2COC(c3ccc(C(F)(F)Oc4cc(F)c(OC=C(F)F)c(F)c4)c(F)c3)OC2)CC1. The van der Waals surface area contributed by atoms with Crippen LogP contribution in [0.3, 0.4) is 0 Å². The summed E-state index contributed by atoms with van der Waals surface area (Å²) >= 11 is 0. The van der Waals surface area contributed by atoms with E-state index in [1.165, 1.54) is 6.07 Å². The van der Waals surface area contributed by atoms with Gasteiger partial charge in [0, 0.05) is 30.2 Å². The molecule has 1 heterocycles. The van der Waals surface area contributed by atoms with Gasteiger partial charge < -0.3 is 23.7 Å². The number of rotatable bonds is 9. The van der Waals surface area contributed by atoms with Crippen LogP contribution in [0.4, 0.5) is 30.7 Å². The molecule has 214 valence electrons. The molecule has 0 amide bonds. The molecular formula is C27H27F7O5. The van der Waals surface area contributed by atoms with Crippen LogP contribution >= 0.6 is 0 Å². The highest BCUT2D eigenvalue weighted by Crippen LogP contribution is 2.39. The molecule has 1 aliphatic carbocycles. The van der Waals surface area contributed by atoms with Gasteiger partial charge in [-0.3, -0.25) is 0 Å². The van der Waals surface area contributed by atoms with E-state index in [1.54, 1.807) is 0 Å². The van der Waals surface area contributed by atoms with Crippen LogP contribution in [-0.2, 0) is 20.3 Å². The molecule has 1 aliphatic heterocycles. The molecule has 0 bridgehead atoms. The van der Waals surface area contributed by atoms with Gasteiger partial charge in [-0.1, -0.05) is 6.07 Å². The Morgan fingerprint density at radius 2 is 1.56 bits per heavy atom. The van der Waals surface area contributed by atoms with E-state index in [0.717, 1.165) is 37.8 Å². The van der Waals surface area contributed by atoms with Gasteiger partial charge in [0.15, 0.2) is 29.9 Å². The van der Waals surface area contributed by atoms with Crippen molar-refractivity contribution < 1.29 is 54.4 Å². The van der Waals surface area contributed by atoms with Crippen molar-refractivity contribution in [1.82, 2.24) is 0 Å².